The number of methoxy groups -OCH3 is 2. The lowest BCUT2D eigenvalue weighted by Gasteiger charge is -2.20. The first-order chi connectivity index (χ1) is 15.2. The zero-order valence-corrected chi connectivity index (χ0v) is 20.1. The van der Waals surface area contributed by atoms with E-state index in [9.17, 15) is 14.4 Å². The van der Waals surface area contributed by atoms with Crippen molar-refractivity contribution in [3.63, 3.8) is 0 Å². The molecule has 1 N–H and O–H groups in total. The molecule has 10 heteroatoms. The van der Waals surface area contributed by atoms with E-state index in [1.165, 1.54) is 19.1 Å². The Bertz CT molecular complexity index is 1060. The van der Waals surface area contributed by atoms with E-state index in [0.29, 0.717) is 37.9 Å². The molecule has 1 aliphatic rings. The number of amides is 2. The van der Waals surface area contributed by atoms with Crippen LogP contribution >= 0.6 is 27.5 Å². The van der Waals surface area contributed by atoms with Gasteiger partial charge in [0, 0.05) is 29.2 Å². The number of carbonyl (C=O) groups excluding carboxylic acids is 3. The molecule has 0 spiro atoms. The third kappa shape index (κ3) is 5.16. The number of benzene rings is 2. The summed E-state index contributed by atoms with van der Waals surface area (Å²) in [6.07, 6.45) is -0.0256. The SMILES string of the molecule is COc1ccc(OC)c(N2C[C@@H](C(=O)OCC(=O)Nc3ccc(Br)c(Cl)c3C)CC2=O)c1. The van der Waals surface area contributed by atoms with Crippen LogP contribution in [0.4, 0.5) is 11.4 Å². The third-order valence-corrected chi connectivity index (χ3v) is 6.47. The maximum Gasteiger partial charge on any atom is 0.311 e. The fraction of sp³-hybridized carbons (Fsp3) is 0.318. The van der Waals surface area contributed by atoms with Crippen molar-refractivity contribution < 1.29 is 28.6 Å². The number of hydrogen-bond donors (Lipinski definition) is 1. The largest absolute Gasteiger partial charge is 0.497 e. The fourth-order valence-corrected chi connectivity index (χ4v) is 3.93. The Morgan fingerprint density at radius 1 is 1.22 bits per heavy atom. The maximum atomic E-state index is 12.6. The van der Waals surface area contributed by atoms with E-state index in [1.54, 1.807) is 37.3 Å². The van der Waals surface area contributed by atoms with Crippen molar-refractivity contribution in [1.82, 2.24) is 0 Å². The summed E-state index contributed by atoms with van der Waals surface area (Å²) in [5.74, 6) is -1.03. The molecule has 0 unspecified atom stereocenters. The van der Waals surface area contributed by atoms with Crippen LogP contribution < -0.4 is 19.7 Å². The molecule has 2 amide bonds. The predicted molar refractivity (Wildman–Crippen MR) is 123 cm³/mol. The summed E-state index contributed by atoms with van der Waals surface area (Å²) in [6.45, 7) is 1.41. The molecule has 8 nitrogen and oxygen atoms in total. The van der Waals surface area contributed by atoms with Crippen molar-refractivity contribution in [2.24, 2.45) is 5.92 Å². The molecule has 1 atom stereocenters. The van der Waals surface area contributed by atoms with Crippen LogP contribution in [0.2, 0.25) is 5.02 Å². The number of nitrogens with one attached hydrogen (secondary N) is 1. The smallest absolute Gasteiger partial charge is 0.311 e. The average molecular weight is 526 g/mol. The molecular weight excluding hydrogens is 504 g/mol. The number of carbonyl (C=O) groups is 3. The van der Waals surface area contributed by atoms with Gasteiger partial charge in [0.25, 0.3) is 5.91 Å². The molecule has 3 rings (SSSR count). The van der Waals surface area contributed by atoms with Crippen LogP contribution in [0.3, 0.4) is 0 Å². The van der Waals surface area contributed by atoms with Crippen LogP contribution in [0.15, 0.2) is 34.8 Å². The molecule has 0 aromatic heterocycles. The molecule has 0 bridgehead atoms. The Labute approximate surface area is 198 Å². The molecule has 0 radical (unpaired) electrons. The molecule has 170 valence electrons. The van der Waals surface area contributed by atoms with Gasteiger partial charge in [0.05, 0.1) is 30.8 Å². The van der Waals surface area contributed by atoms with Gasteiger partial charge >= 0.3 is 5.97 Å². The van der Waals surface area contributed by atoms with E-state index in [0.717, 1.165) is 0 Å². The minimum Gasteiger partial charge on any atom is -0.497 e. The normalized spacial score (nSPS) is 15.5. The number of rotatable bonds is 7. The maximum absolute atomic E-state index is 12.6. The van der Waals surface area contributed by atoms with Gasteiger partial charge in [-0.25, -0.2) is 0 Å². The molecule has 1 heterocycles. The number of halogens is 2. The van der Waals surface area contributed by atoms with Gasteiger partial charge in [0.15, 0.2) is 6.61 Å². The number of anilines is 2. The number of ether oxygens (including phenoxy) is 3. The molecule has 1 saturated heterocycles. The third-order valence-electron chi connectivity index (χ3n) is 5.09. The zero-order chi connectivity index (χ0) is 23.4. The monoisotopic (exact) mass is 524 g/mol. The van der Waals surface area contributed by atoms with Gasteiger partial charge in [0.2, 0.25) is 5.91 Å². The fourth-order valence-electron chi connectivity index (χ4n) is 3.33. The summed E-state index contributed by atoms with van der Waals surface area (Å²) in [5.41, 5.74) is 1.71. The van der Waals surface area contributed by atoms with E-state index < -0.39 is 24.4 Å². The summed E-state index contributed by atoms with van der Waals surface area (Å²) in [4.78, 5) is 38.8. The van der Waals surface area contributed by atoms with Gasteiger partial charge in [-0.3, -0.25) is 14.4 Å². The quantitative estimate of drug-likeness (QED) is 0.550. The second-order valence-electron chi connectivity index (χ2n) is 7.13. The molecule has 0 saturated carbocycles. The van der Waals surface area contributed by atoms with Crippen molar-refractivity contribution >= 4 is 56.7 Å². The van der Waals surface area contributed by atoms with Gasteiger partial charge in [-0.2, -0.15) is 0 Å². The lowest BCUT2D eigenvalue weighted by Crippen LogP contribution is -2.28. The molecule has 2 aromatic rings. The first-order valence-corrected chi connectivity index (χ1v) is 10.9. The molecular formula is C22H22BrClN2O6. The highest BCUT2D eigenvalue weighted by Gasteiger charge is 2.37. The molecule has 1 fully saturated rings. The van der Waals surface area contributed by atoms with Crippen LogP contribution in [0.5, 0.6) is 11.5 Å². The Hall–Kier alpha value is -2.78. The van der Waals surface area contributed by atoms with Gasteiger partial charge in [-0.1, -0.05) is 11.6 Å². The summed E-state index contributed by atoms with van der Waals surface area (Å²) in [5, 5.41) is 3.15. The molecule has 0 aliphatic carbocycles. The zero-order valence-electron chi connectivity index (χ0n) is 17.7. The van der Waals surface area contributed by atoms with Gasteiger partial charge < -0.3 is 24.4 Å². The van der Waals surface area contributed by atoms with E-state index in [2.05, 4.69) is 21.2 Å². The first kappa shape index (κ1) is 23.9. The van der Waals surface area contributed by atoms with Crippen LogP contribution in [-0.4, -0.2) is 45.2 Å². The highest BCUT2D eigenvalue weighted by atomic mass is 79.9. The predicted octanol–water partition coefficient (Wildman–Crippen LogP) is 3.96. The minimum absolute atomic E-state index is 0.0256. The summed E-state index contributed by atoms with van der Waals surface area (Å²) >= 11 is 9.48. The summed E-state index contributed by atoms with van der Waals surface area (Å²) in [7, 11) is 3.02. The van der Waals surface area contributed by atoms with Crippen LogP contribution in [0.25, 0.3) is 0 Å². The Balaban J connectivity index is 1.61. The van der Waals surface area contributed by atoms with Crippen molar-refractivity contribution in [1.29, 1.82) is 0 Å². The molecule has 32 heavy (non-hydrogen) atoms. The average Bonchev–Trinajstić information content (AvgIpc) is 3.18. The second kappa shape index (κ2) is 10.2. The highest BCUT2D eigenvalue weighted by molar-refractivity contribution is 9.10. The van der Waals surface area contributed by atoms with E-state index >= 15 is 0 Å². The number of hydrogen-bond acceptors (Lipinski definition) is 6. The van der Waals surface area contributed by atoms with Crippen molar-refractivity contribution in [2.75, 3.05) is 37.6 Å². The summed E-state index contributed by atoms with van der Waals surface area (Å²) in [6, 6.07) is 8.48. The highest BCUT2D eigenvalue weighted by Crippen LogP contribution is 2.36. The van der Waals surface area contributed by atoms with Gasteiger partial charge in [-0.15, -0.1) is 0 Å². The van der Waals surface area contributed by atoms with E-state index in [-0.39, 0.29) is 18.9 Å². The van der Waals surface area contributed by atoms with Gasteiger partial charge in [0.1, 0.15) is 11.5 Å². The standard InChI is InChI=1S/C22H22BrClN2O6/c1-12-16(6-5-15(23)21(12)24)25-19(27)11-32-22(29)13-8-20(28)26(10-13)17-9-14(30-2)4-7-18(17)31-3/h4-7,9,13H,8,10-11H2,1-3H3,(H,25,27)/t13-/m0/s1. The molecule has 1 aliphatic heterocycles. The lowest BCUT2D eigenvalue weighted by atomic mass is 10.1. The minimum atomic E-state index is -0.699. The number of esters is 1. The van der Waals surface area contributed by atoms with Crippen molar-refractivity contribution in [2.45, 2.75) is 13.3 Å². The van der Waals surface area contributed by atoms with Crippen LogP contribution in [0.1, 0.15) is 12.0 Å². The van der Waals surface area contributed by atoms with Crippen LogP contribution in [0, 0.1) is 12.8 Å². The summed E-state index contributed by atoms with van der Waals surface area (Å²) < 4.78 is 16.4. The van der Waals surface area contributed by atoms with Crippen molar-refractivity contribution in [3.8, 4) is 11.5 Å². The van der Waals surface area contributed by atoms with E-state index in [4.69, 9.17) is 25.8 Å². The second-order valence-corrected chi connectivity index (χ2v) is 8.37. The van der Waals surface area contributed by atoms with Crippen LogP contribution in [-0.2, 0) is 19.1 Å². The Morgan fingerprint density at radius 3 is 2.66 bits per heavy atom. The van der Waals surface area contributed by atoms with Gasteiger partial charge in [-0.05, 0) is 52.7 Å². The topological polar surface area (TPSA) is 94.2 Å². The number of nitrogens with zero attached hydrogens (tertiary/aromatic N) is 1. The Kier molecular flexibility index (Phi) is 7.63. The lowest BCUT2D eigenvalue weighted by molar-refractivity contribution is -0.151. The van der Waals surface area contributed by atoms with E-state index in [1.807, 2.05) is 0 Å². The Morgan fingerprint density at radius 2 is 1.97 bits per heavy atom. The van der Waals surface area contributed by atoms with Crippen molar-refractivity contribution in [3.05, 3.63) is 45.4 Å². The molecule has 2 aromatic carbocycles. The first-order valence-electron chi connectivity index (χ1n) is 9.68.